The van der Waals surface area contributed by atoms with Gasteiger partial charge in [0, 0.05) is 37.8 Å². The molecule has 0 aromatic heterocycles. The zero-order chi connectivity index (χ0) is 17.2. The van der Waals surface area contributed by atoms with Gasteiger partial charge < -0.3 is 15.1 Å². The number of nitrogens with zero attached hydrogens (tertiary/aromatic N) is 2. The lowest BCUT2D eigenvalue weighted by atomic mass is 10.1. The van der Waals surface area contributed by atoms with E-state index in [1.165, 1.54) is 12.8 Å². The predicted molar refractivity (Wildman–Crippen MR) is 97.2 cm³/mol. The largest absolute Gasteiger partial charge is 0.338 e. The number of hydrogen-bond acceptors (Lipinski definition) is 2. The van der Waals surface area contributed by atoms with Crippen LogP contribution in [0.3, 0.4) is 0 Å². The number of anilines is 1. The fourth-order valence-corrected chi connectivity index (χ4v) is 4.68. The van der Waals surface area contributed by atoms with E-state index < -0.39 is 0 Å². The number of piperidine rings is 1. The van der Waals surface area contributed by atoms with Crippen LogP contribution < -0.4 is 5.32 Å². The third-order valence-corrected chi connectivity index (χ3v) is 5.99. The molecule has 1 aliphatic carbocycles. The minimum atomic E-state index is 0.0283. The smallest absolute Gasteiger partial charge is 0.322 e. The number of urea groups is 1. The van der Waals surface area contributed by atoms with Gasteiger partial charge in [-0.2, -0.15) is 0 Å². The van der Waals surface area contributed by atoms with E-state index in [-0.39, 0.29) is 11.9 Å². The number of likely N-dealkylation sites (tertiary alicyclic amines) is 2. The SMILES string of the molecule is O=C1CCCCN1Cc1cccc(NC(=O)N2CC[C@@H]3CCC[C@H]32)c1. The van der Waals surface area contributed by atoms with Crippen LogP contribution in [0.2, 0.25) is 0 Å². The first kappa shape index (κ1) is 16.4. The van der Waals surface area contributed by atoms with Crippen LogP contribution in [0.1, 0.15) is 50.5 Å². The van der Waals surface area contributed by atoms with E-state index in [2.05, 4.69) is 5.32 Å². The summed E-state index contributed by atoms with van der Waals surface area (Å²) in [5.74, 6) is 0.951. The lowest BCUT2D eigenvalue weighted by molar-refractivity contribution is -0.133. The Bertz CT molecular complexity index is 660. The van der Waals surface area contributed by atoms with Crippen LogP contribution in [0, 0.1) is 5.92 Å². The summed E-state index contributed by atoms with van der Waals surface area (Å²) in [4.78, 5) is 28.6. The molecular weight excluding hydrogens is 314 g/mol. The molecule has 1 aromatic carbocycles. The van der Waals surface area contributed by atoms with E-state index >= 15 is 0 Å². The summed E-state index contributed by atoms with van der Waals surface area (Å²) in [6, 6.07) is 8.39. The first-order chi connectivity index (χ1) is 12.2. The highest BCUT2D eigenvalue weighted by atomic mass is 16.2. The molecule has 3 aliphatic rings. The van der Waals surface area contributed by atoms with Gasteiger partial charge in [-0.1, -0.05) is 18.6 Å². The van der Waals surface area contributed by atoms with Crippen molar-refractivity contribution in [2.24, 2.45) is 5.92 Å². The molecule has 3 amide bonds. The quantitative estimate of drug-likeness (QED) is 0.913. The third kappa shape index (κ3) is 3.51. The topological polar surface area (TPSA) is 52.7 Å². The molecule has 0 bridgehead atoms. The Morgan fingerprint density at radius 1 is 1.12 bits per heavy atom. The molecule has 5 heteroatoms. The summed E-state index contributed by atoms with van der Waals surface area (Å²) < 4.78 is 0. The van der Waals surface area contributed by atoms with Crippen molar-refractivity contribution in [1.29, 1.82) is 0 Å². The standard InChI is InChI=1S/C20H27N3O2/c24-19-9-1-2-11-22(19)14-15-5-3-7-17(13-15)21-20(25)23-12-10-16-6-4-8-18(16)23/h3,5,7,13,16,18H,1-2,4,6,8-12,14H2,(H,21,25)/t16-,18+/m0/s1. The van der Waals surface area contributed by atoms with Crippen molar-refractivity contribution in [3.63, 3.8) is 0 Å². The third-order valence-electron chi connectivity index (χ3n) is 5.99. The van der Waals surface area contributed by atoms with Crippen molar-refractivity contribution >= 4 is 17.6 Å². The highest BCUT2D eigenvalue weighted by Gasteiger charge is 2.39. The molecule has 4 rings (SSSR count). The van der Waals surface area contributed by atoms with Crippen molar-refractivity contribution < 1.29 is 9.59 Å². The van der Waals surface area contributed by atoms with Gasteiger partial charge in [-0.05, 0) is 55.7 Å². The molecule has 2 heterocycles. The second-order valence-electron chi connectivity index (χ2n) is 7.64. The van der Waals surface area contributed by atoms with Crippen LogP contribution in [0.4, 0.5) is 10.5 Å². The molecule has 1 aromatic rings. The second kappa shape index (κ2) is 7.06. The molecule has 134 valence electrons. The summed E-state index contributed by atoms with van der Waals surface area (Å²) >= 11 is 0. The number of nitrogens with one attached hydrogen (secondary N) is 1. The minimum Gasteiger partial charge on any atom is -0.338 e. The number of benzene rings is 1. The van der Waals surface area contributed by atoms with Crippen molar-refractivity contribution in [2.75, 3.05) is 18.4 Å². The zero-order valence-corrected chi connectivity index (χ0v) is 14.7. The number of carbonyl (C=O) groups is 2. The molecule has 0 spiro atoms. The first-order valence-corrected chi connectivity index (χ1v) is 9.65. The molecule has 2 saturated heterocycles. The van der Waals surface area contributed by atoms with Gasteiger partial charge in [0.1, 0.15) is 0 Å². The average Bonchev–Trinajstić information content (AvgIpc) is 3.20. The maximum atomic E-state index is 12.7. The second-order valence-corrected chi connectivity index (χ2v) is 7.64. The van der Waals surface area contributed by atoms with Crippen LogP contribution in [-0.4, -0.2) is 40.9 Å². The summed E-state index contributed by atoms with van der Waals surface area (Å²) in [7, 11) is 0. The summed E-state index contributed by atoms with van der Waals surface area (Å²) in [6.07, 6.45) is 7.56. The van der Waals surface area contributed by atoms with E-state index in [0.29, 0.717) is 24.9 Å². The Morgan fingerprint density at radius 3 is 2.92 bits per heavy atom. The number of rotatable bonds is 3. The van der Waals surface area contributed by atoms with Crippen molar-refractivity contribution in [2.45, 2.75) is 57.5 Å². The molecule has 2 aliphatic heterocycles. The maximum absolute atomic E-state index is 12.7. The van der Waals surface area contributed by atoms with E-state index in [0.717, 1.165) is 50.0 Å². The average molecular weight is 341 g/mol. The van der Waals surface area contributed by atoms with Crippen molar-refractivity contribution in [3.8, 4) is 0 Å². The van der Waals surface area contributed by atoms with Gasteiger partial charge in [-0.25, -0.2) is 4.79 Å². The molecule has 0 radical (unpaired) electrons. The van der Waals surface area contributed by atoms with Crippen LogP contribution in [-0.2, 0) is 11.3 Å². The summed E-state index contributed by atoms with van der Waals surface area (Å²) in [6.45, 7) is 2.35. The molecule has 25 heavy (non-hydrogen) atoms. The van der Waals surface area contributed by atoms with Crippen LogP contribution >= 0.6 is 0 Å². The van der Waals surface area contributed by atoms with Gasteiger partial charge in [0.25, 0.3) is 0 Å². The minimum absolute atomic E-state index is 0.0283. The zero-order valence-electron chi connectivity index (χ0n) is 14.7. The molecule has 3 fully saturated rings. The van der Waals surface area contributed by atoms with Gasteiger partial charge in [0.05, 0.1) is 0 Å². The van der Waals surface area contributed by atoms with E-state index in [9.17, 15) is 9.59 Å². The monoisotopic (exact) mass is 341 g/mol. The Hall–Kier alpha value is -2.04. The van der Waals surface area contributed by atoms with Crippen LogP contribution in [0.5, 0.6) is 0 Å². The number of amides is 3. The Kier molecular flexibility index (Phi) is 4.64. The van der Waals surface area contributed by atoms with Gasteiger partial charge in [-0.3, -0.25) is 4.79 Å². The van der Waals surface area contributed by atoms with E-state index in [1.807, 2.05) is 34.1 Å². The fourth-order valence-electron chi connectivity index (χ4n) is 4.68. The predicted octanol–water partition coefficient (Wildman–Crippen LogP) is 3.61. The Labute approximate surface area is 149 Å². The van der Waals surface area contributed by atoms with Crippen LogP contribution in [0.25, 0.3) is 0 Å². The molecule has 2 atom stereocenters. The molecule has 1 N–H and O–H groups in total. The lowest BCUT2D eigenvalue weighted by Crippen LogP contribution is -2.39. The van der Waals surface area contributed by atoms with Gasteiger partial charge in [0.2, 0.25) is 5.91 Å². The fraction of sp³-hybridized carbons (Fsp3) is 0.600. The van der Waals surface area contributed by atoms with Gasteiger partial charge in [-0.15, -0.1) is 0 Å². The van der Waals surface area contributed by atoms with Crippen molar-refractivity contribution in [1.82, 2.24) is 9.80 Å². The summed E-state index contributed by atoms with van der Waals surface area (Å²) in [5.41, 5.74) is 1.90. The molecule has 1 saturated carbocycles. The molecule has 5 nitrogen and oxygen atoms in total. The normalized spacial score (nSPS) is 26.0. The van der Waals surface area contributed by atoms with E-state index in [1.54, 1.807) is 0 Å². The van der Waals surface area contributed by atoms with Crippen molar-refractivity contribution in [3.05, 3.63) is 29.8 Å². The number of fused-ring (bicyclic) bond motifs is 1. The number of carbonyl (C=O) groups excluding carboxylic acids is 2. The Morgan fingerprint density at radius 2 is 2.04 bits per heavy atom. The van der Waals surface area contributed by atoms with Gasteiger partial charge in [0.15, 0.2) is 0 Å². The highest BCUT2D eigenvalue weighted by molar-refractivity contribution is 5.90. The van der Waals surface area contributed by atoms with Gasteiger partial charge >= 0.3 is 6.03 Å². The summed E-state index contributed by atoms with van der Waals surface area (Å²) in [5, 5.41) is 3.07. The molecular formula is C20H27N3O2. The lowest BCUT2D eigenvalue weighted by Gasteiger charge is -2.27. The molecule has 0 unspecified atom stereocenters. The van der Waals surface area contributed by atoms with E-state index in [4.69, 9.17) is 0 Å². The number of hydrogen-bond donors (Lipinski definition) is 1. The first-order valence-electron chi connectivity index (χ1n) is 9.65. The maximum Gasteiger partial charge on any atom is 0.322 e. The van der Waals surface area contributed by atoms with Crippen LogP contribution in [0.15, 0.2) is 24.3 Å². The Balaban J connectivity index is 1.39. The highest BCUT2D eigenvalue weighted by Crippen LogP contribution is 2.37.